The molecule has 1 fully saturated rings. The van der Waals surface area contributed by atoms with E-state index in [1.165, 1.54) is 16.8 Å². The van der Waals surface area contributed by atoms with Crippen molar-refractivity contribution in [2.24, 2.45) is 23.2 Å². The molecule has 1 N–H and O–H groups in total. The average Bonchev–Trinajstić information content (AvgIpc) is 2.53. The highest BCUT2D eigenvalue weighted by molar-refractivity contribution is 5.46. The van der Waals surface area contributed by atoms with E-state index in [-0.39, 0.29) is 18.1 Å². The van der Waals surface area contributed by atoms with Crippen LogP contribution < -0.4 is 4.90 Å². The molecule has 0 amide bonds. The molecule has 3 heteroatoms. The summed E-state index contributed by atoms with van der Waals surface area (Å²) >= 11 is 0. The lowest BCUT2D eigenvalue weighted by molar-refractivity contribution is -0.165. The predicted molar refractivity (Wildman–Crippen MR) is 94.6 cm³/mol. The lowest BCUT2D eigenvalue weighted by atomic mass is 9.56. The Labute approximate surface area is 140 Å². The highest BCUT2D eigenvalue weighted by Crippen LogP contribution is 2.55. The highest BCUT2D eigenvalue weighted by Gasteiger charge is 2.53. The van der Waals surface area contributed by atoms with Gasteiger partial charge >= 0.3 is 0 Å². The van der Waals surface area contributed by atoms with Gasteiger partial charge in [0.2, 0.25) is 0 Å². The van der Waals surface area contributed by atoms with Crippen LogP contribution in [0.5, 0.6) is 0 Å². The number of fused-ring (bicyclic) bond motifs is 2. The summed E-state index contributed by atoms with van der Waals surface area (Å²) in [7, 11) is 4.11. The van der Waals surface area contributed by atoms with E-state index in [1.54, 1.807) is 0 Å². The third-order valence-corrected chi connectivity index (χ3v) is 6.28. The summed E-state index contributed by atoms with van der Waals surface area (Å²) in [5.41, 5.74) is 3.70. The first kappa shape index (κ1) is 16.5. The van der Waals surface area contributed by atoms with Gasteiger partial charge in [-0.2, -0.15) is 0 Å². The number of benzene rings is 1. The Bertz CT molecular complexity index is 592. The number of aliphatic hydroxyl groups is 1. The van der Waals surface area contributed by atoms with Gasteiger partial charge in [0.05, 0.1) is 19.3 Å². The summed E-state index contributed by atoms with van der Waals surface area (Å²) in [6.45, 7) is 7.54. The van der Waals surface area contributed by atoms with E-state index in [0.717, 1.165) is 0 Å². The zero-order chi connectivity index (χ0) is 16.8. The molecule has 3 nitrogen and oxygen atoms in total. The fourth-order valence-corrected chi connectivity index (χ4v) is 4.55. The molecule has 1 aromatic rings. The van der Waals surface area contributed by atoms with Gasteiger partial charge < -0.3 is 14.7 Å². The smallest absolute Gasteiger partial charge is 0.0893 e. The Morgan fingerprint density at radius 2 is 1.87 bits per heavy atom. The van der Waals surface area contributed by atoms with Gasteiger partial charge in [0.15, 0.2) is 0 Å². The summed E-state index contributed by atoms with van der Waals surface area (Å²) < 4.78 is 6.32. The third-order valence-electron chi connectivity index (χ3n) is 6.28. The number of hydrogen-bond acceptors (Lipinski definition) is 3. The van der Waals surface area contributed by atoms with E-state index < -0.39 is 0 Å². The van der Waals surface area contributed by atoms with Crippen molar-refractivity contribution >= 4 is 5.69 Å². The molecule has 2 aliphatic rings. The summed E-state index contributed by atoms with van der Waals surface area (Å²) in [5, 5.41) is 10.1. The molecule has 0 radical (unpaired) electrons. The van der Waals surface area contributed by atoms with Gasteiger partial charge in [-0.15, -0.1) is 0 Å². The van der Waals surface area contributed by atoms with Gasteiger partial charge in [0.1, 0.15) is 0 Å². The minimum absolute atomic E-state index is 0.0876. The van der Waals surface area contributed by atoms with Crippen LogP contribution in [0.1, 0.15) is 32.4 Å². The van der Waals surface area contributed by atoms with Crippen LogP contribution in [0, 0.1) is 23.2 Å². The zero-order valence-electron chi connectivity index (χ0n) is 14.9. The van der Waals surface area contributed by atoms with Gasteiger partial charge in [0, 0.05) is 31.1 Å². The Kier molecular flexibility index (Phi) is 4.28. The first-order valence-corrected chi connectivity index (χ1v) is 8.59. The molecule has 23 heavy (non-hydrogen) atoms. The molecule has 1 aliphatic carbocycles. The monoisotopic (exact) mass is 315 g/mol. The van der Waals surface area contributed by atoms with Gasteiger partial charge in [-0.3, -0.25) is 0 Å². The normalized spacial score (nSPS) is 36.5. The van der Waals surface area contributed by atoms with E-state index in [9.17, 15) is 5.11 Å². The van der Waals surface area contributed by atoms with Crippen LogP contribution in [0.25, 0.3) is 0 Å². The first-order valence-electron chi connectivity index (χ1n) is 8.59. The van der Waals surface area contributed by atoms with Crippen LogP contribution in [0.15, 0.2) is 35.9 Å². The van der Waals surface area contributed by atoms with E-state index in [4.69, 9.17) is 4.74 Å². The Morgan fingerprint density at radius 1 is 1.22 bits per heavy atom. The number of nitrogens with zero attached hydrogens (tertiary/aromatic N) is 1. The number of allylic oxidation sites excluding steroid dienone is 1. The number of aliphatic hydroxyl groups excluding tert-OH is 1. The molecule has 0 saturated carbocycles. The van der Waals surface area contributed by atoms with Gasteiger partial charge in [-0.1, -0.05) is 37.6 Å². The third kappa shape index (κ3) is 2.50. The predicted octanol–water partition coefficient (Wildman–Crippen LogP) is 3.65. The molecule has 1 aromatic carbocycles. The SMILES string of the molecule is CC1=C[C@@H](C)[C@@]2(CO)CO[C@H](c3ccc(N(C)C)cc3)[C@H]1[C@H]2C. The van der Waals surface area contributed by atoms with Crippen molar-refractivity contribution in [2.45, 2.75) is 26.9 Å². The van der Waals surface area contributed by atoms with Crippen molar-refractivity contribution in [3.05, 3.63) is 41.5 Å². The maximum absolute atomic E-state index is 10.1. The fourth-order valence-electron chi connectivity index (χ4n) is 4.55. The summed E-state index contributed by atoms with van der Waals surface area (Å²) in [5.74, 6) is 1.12. The number of hydrogen-bond donors (Lipinski definition) is 1. The summed E-state index contributed by atoms with van der Waals surface area (Å²) in [6, 6.07) is 8.68. The largest absolute Gasteiger partial charge is 0.396 e. The Morgan fingerprint density at radius 3 is 2.43 bits per heavy atom. The molecule has 1 aliphatic heterocycles. The Hall–Kier alpha value is -1.32. The zero-order valence-corrected chi connectivity index (χ0v) is 14.9. The molecular formula is C20H29NO2. The Balaban J connectivity index is 1.95. The average molecular weight is 315 g/mol. The standard InChI is InChI=1S/C20H29NO2/c1-13-10-14(2)20(11-22)12-23-19(18(13)15(20)3)16-6-8-17(9-7-16)21(4)5/h6-10,14-15,18-19,22H,11-12H2,1-5H3/t14-,15-,18-,19-,20-/m1/s1. The molecule has 2 bridgehead atoms. The fraction of sp³-hybridized carbons (Fsp3) is 0.600. The summed E-state index contributed by atoms with van der Waals surface area (Å²) in [4.78, 5) is 2.11. The van der Waals surface area contributed by atoms with Crippen molar-refractivity contribution in [1.82, 2.24) is 0 Å². The van der Waals surface area contributed by atoms with E-state index in [1.807, 2.05) is 0 Å². The minimum Gasteiger partial charge on any atom is -0.396 e. The van der Waals surface area contributed by atoms with Crippen LogP contribution in [0.3, 0.4) is 0 Å². The van der Waals surface area contributed by atoms with Crippen molar-refractivity contribution < 1.29 is 9.84 Å². The lowest BCUT2D eigenvalue weighted by Gasteiger charge is -2.55. The maximum Gasteiger partial charge on any atom is 0.0893 e. The minimum atomic E-state index is -0.135. The van der Waals surface area contributed by atoms with Crippen LogP contribution in [0.2, 0.25) is 0 Å². The second-order valence-corrected chi connectivity index (χ2v) is 7.62. The topological polar surface area (TPSA) is 32.7 Å². The van der Waals surface area contributed by atoms with E-state index in [2.05, 4.69) is 70.1 Å². The van der Waals surface area contributed by atoms with Gasteiger partial charge in [-0.05, 0) is 36.5 Å². The number of rotatable bonds is 3. The first-order chi connectivity index (χ1) is 10.9. The maximum atomic E-state index is 10.1. The van der Waals surface area contributed by atoms with Crippen molar-refractivity contribution in [3.63, 3.8) is 0 Å². The molecule has 0 aromatic heterocycles. The summed E-state index contributed by atoms with van der Waals surface area (Å²) in [6.07, 6.45) is 2.44. The van der Waals surface area contributed by atoms with Crippen molar-refractivity contribution in [1.29, 1.82) is 0 Å². The van der Waals surface area contributed by atoms with Crippen LogP contribution in [-0.4, -0.2) is 32.4 Å². The highest BCUT2D eigenvalue weighted by atomic mass is 16.5. The van der Waals surface area contributed by atoms with E-state index >= 15 is 0 Å². The lowest BCUT2D eigenvalue weighted by Crippen LogP contribution is -2.53. The van der Waals surface area contributed by atoms with E-state index in [0.29, 0.717) is 24.4 Å². The quantitative estimate of drug-likeness (QED) is 0.864. The van der Waals surface area contributed by atoms with Crippen LogP contribution in [0.4, 0.5) is 5.69 Å². The molecule has 3 rings (SSSR count). The molecule has 126 valence electrons. The number of ether oxygens (including phenoxy) is 1. The van der Waals surface area contributed by atoms with Gasteiger partial charge in [-0.25, -0.2) is 0 Å². The molecule has 0 unspecified atom stereocenters. The molecule has 5 atom stereocenters. The van der Waals surface area contributed by atoms with Crippen molar-refractivity contribution in [2.75, 3.05) is 32.2 Å². The second kappa shape index (κ2) is 5.95. The van der Waals surface area contributed by atoms with Crippen LogP contribution in [-0.2, 0) is 4.74 Å². The molecule has 1 saturated heterocycles. The van der Waals surface area contributed by atoms with Gasteiger partial charge in [0.25, 0.3) is 0 Å². The van der Waals surface area contributed by atoms with Crippen LogP contribution >= 0.6 is 0 Å². The molecule has 0 spiro atoms. The molecule has 1 heterocycles. The number of anilines is 1. The second-order valence-electron chi connectivity index (χ2n) is 7.62. The van der Waals surface area contributed by atoms with Crippen molar-refractivity contribution in [3.8, 4) is 0 Å². The molecular weight excluding hydrogens is 286 g/mol.